The molecule has 0 radical (unpaired) electrons. The van der Waals surface area contributed by atoms with Gasteiger partial charge in [-0.25, -0.2) is 8.42 Å². The van der Waals surface area contributed by atoms with E-state index in [2.05, 4.69) is 5.32 Å². The van der Waals surface area contributed by atoms with Gasteiger partial charge in [0.05, 0.1) is 11.9 Å². The lowest BCUT2D eigenvalue weighted by Crippen LogP contribution is -2.52. The van der Waals surface area contributed by atoms with Crippen molar-refractivity contribution >= 4 is 39.1 Å². The van der Waals surface area contributed by atoms with Gasteiger partial charge in [0.15, 0.2) is 0 Å². The number of halogens is 1. The SMILES string of the molecule is CCCNC(=O)C(CC)N(Cc1ccc(Cl)cc1)C(=O)CN(c1ccccc1C)S(C)(=O)=O. The third-order valence-electron chi connectivity index (χ3n) is 5.26. The second-order valence-corrected chi connectivity index (χ2v) is 10.3. The molecule has 2 aromatic rings. The maximum Gasteiger partial charge on any atom is 0.244 e. The van der Waals surface area contributed by atoms with Crippen molar-refractivity contribution in [3.63, 3.8) is 0 Å². The van der Waals surface area contributed by atoms with Crippen molar-refractivity contribution in [2.45, 2.75) is 46.2 Å². The molecule has 9 heteroatoms. The molecule has 0 bridgehead atoms. The second kappa shape index (κ2) is 12.0. The fraction of sp³-hybridized carbons (Fsp3) is 0.417. The molecule has 33 heavy (non-hydrogen) atoms. The molecule has 0 saturated heterocycles. The van der Waals surface area contributed by atoms with E-state index in [4.69, 9.17) is 11.6 Å². The molecule has 2 amide bonds. The zero-order valence-corrected chi connectivity index (χ0v) is 21.1. The van der Waals surface area contributed by atoms with Crippen molar-refractivity contribution < 1.29 is 18.0 Å². The molecule has 1 atom stereocenters. The van der Waals surface area contributed by atoms with Gasteiger partial charge in [-0.3, -0.25) is 13.9 Å². The van der Waals surface area contributed by atoms with Crippen LogP contribution in [0.5, 0.6) is 0 Å². The van der Waals surface area contributed by atoms with Crippen LogP contribution in [0.15, 0.2) is 48.5 Å². The molecule has 2 rings (SSSR count). The number of nitrogens with zero attached hydrogens (tertiary/aromatic N) is 2. The lowest BCUT2D eigenvalue weighted by atomic mass is 10.1. The molecule has 0 saturated carbocycles. The summed E-state index contributed by atoms with van der Waals surface area (Å²) in [5, 5.41) is 3.41. The number of rotatable bonds is 11. The first-order valence-corrected chi connectivity index (χ1v) is 13.2. The van der Waals surface area contributed by atoms with Gasteiger partial charge in [0, 0.05) is 18.1 Å². The Balaban J connectivity index is 2.42. The van der Waals surface area contributed by atoms with Crippen molar-refractivity contribution in [3.05, 3.63) is 64.7 Å². The molecule has 1 N–H and O–H groups in total. The lowest BCUT2D eigenvalue weighted by Gasteiger charge is -2.33. The van der Waals surface area contributed by atoms with Gasteiger partial charge < -0.3 is 10.2 Å². The molecular formula is C24H32ClN3O4S. The Labute approximate surface area is 201 Å². The predicted octanol–water partition coefficient (Wildman–Crippen LogP) is 3.75. The summed E-state index contributed by atoms with van der Waals surface area (Å²) in [6.45, 7) is 5.81. The average molecular weight is 494 g/mol. The molecule has 0 aliphatic carbocycles. The Bertz CT molecular complexity index is 1060. The number of benzene rings is 2. The molecule has 0 aliphatic rings. The standard InChI is InChI=1S/C24H32ClN3O4S/c1-5-15-26-24(30)21(6-2)27(16-19-11-13-20(25)14-12-19)23(29)17-28(33(4,31)32)22-10-8-7-9-18(22)3/h7-14,21H,5-6,15-17H2,1-4H3,(H,26,30). The number of sulfonamides is 1. The largest absolute Gasteiger partial charge is 0.354 e. The van der Waals surface area contributed by atoms with E-state index in [0.29, 0.717) is 23.7 Å². The Hall–Kier alpha value is -2.58. The van der Waals surface area contributed by atoms with Gasteiger partial charge in [0.2, 0.25) is 21.8 Å². The molecule has 1 unspecified atom stereocenters. The maximum absolute atomic E-state index is 13.5. The number of para-hydroxylation sites is 1. The molecule has 0 heterocycles. The Morgan fingerprint density at radius 1 is 1.06 bits per heavy atom. The fourth-order valence-corrected chi connectivity index (χ4v) is 4.54. The first-order chi connectivity index (χ1) is 15.6. The highest BCUT2D eigenvalue weighted by atomic mass is 35.5. The van der Waals surface area contributed by atoms with Gasteiger partial charge in [-0.1, -0.05) is 55.8 Å². The topological polar surface area (TPSA) is 86.8 Å². The molecule has 0 spiro atoms. The molecular weight excluding hydrogens is 462 g/mol. The predicted molar refractivity (Wildman–Crippen MR) is 133 cm³/mol. The van der Waals surface area contributed by atoms with Crippen LogP contribution in [0.25, 0.3) is 0 Å². The molecule has 0 aliphatic heterocycles. The normalized spacial score (nSPS) is 12.2. The monoisotopic (exact) mass is 493 g/mol. The zero-order valence-electron chi connectivity index (χ0n) is 19.5. The van der Waals surface area contributed by atoms with E-state index in [1.807, 2.05) is 13.8 Å². The Morgan fingerprint density at radius 3 is 2.24 bits per heavy atom. The van der Waals surface area contributed by atoms with Crippen molar-refractivity contribution in [1.82, 2.24) is 10.2 Å². The molecule has 0 aromatic heterocycles. The van der Waals surface area contributed by atoms with E-state index in [1.165, 1.54) is 4.90 Å². The number of hydrogen-bond donors (Lipinski definition) is 1. The summed E-state index contributed by atoms with van der Waals surface area (Å²) in [6.07, 6.45) is 2.22. The smallest absolute Gasteiger partial charge is 0.244 e. The van der Waals surface area contributed by atoms with Crippen molar-refractivity contribution in [1.29, 1.82) is 0 Å². The van der Waals surface area contributed by atoms with Crippen LogP contribution in [0.1, 0.15) is 37.8 Å². The van der Waals surface area contributed by atoms with Crippen LogP contribution < -0.4 is 9.62 Å². The summed E-state index contributed by atoms with van der Waals surface area (Å²) in [5.41, 5.74) is 1.95. The first kappa shape index (κ1) is 26.7. The van der Waals surface area contributed by atoms with Crippen molar-refractivity contribution in [3.8, 4) is 0 Å². The number of nitrogens with one attached hydrogen (secondary N) is 1. The van der Waals surface area contributed by atoms with Gasteiger partial charge in [-0.05, 0) is 49.1 Å². The lowest BCUT2D eigenvalue weighted by molar-refractivity contribution is -0.140. The minimum Gasteiger partial charge on any atom is -0.354 e. The number of carbonyl (C=O) groups is 2. The summed E-state index contributed by atoms with van der Waals surface area (Å²) in [6, 6.07) is 13.3. The van der Waals surface area contributed by atoms with E-state index < -0.39 is 28.5 Å². The average Bonchev–Trinajstić information content (AvgIpc) is 2.77. The minimum absolute atomic E-state index is 0.152. The van der Waals surface area contributed by atoms with E-state index in [1.54, 1.807) is 55.5 Å². The van der Waals surface area contributed by atoms with E-state index in [0.717, 1.165) is 28.1 Å². The van der Waals surface area contributed by atoms with Gasteiger partial charge >= 0.3 is 0 Å². The van der Waals surface area contributed by atoms with E-state index in [9.17, 15) is 18.0 Å². The zero-order chi connectivity index (χ0) is 24.6. The summed E-state index contributed by atoms with van der Waals surface area (Å²) >= 11 is 5.99. The van der Waals surface area contributed by atoms with Crippen LogP contribution in [0.3, 0.4) is 0 Å². The molecule has 0 fully saturated rings. The summed E-state index contributed by atoms with van der Waals surface area (Å²) in [7, 11) is -3.75. The van der Waals surface area contributed by atoms with Crippen molar-refractivity contribution in [2.75, 3.05) is 23.7 Å². The van der Waals surface area contributed by atoms with Gasteiger partial charge in [-0.2, -0.15) is 0 Å². The van der Waals surface area contributed by atoms with Crippen LogP contribution in [-0.2, 0) is 26.2 Å². The first-order valence-electron chi connectivity index (χ1n) is 10.9. The number of carbonyl (C=O) groups excluding carboxylic acids is 2. The van der Waals surface area contributed by atoms with E-state index >= 15 is 0 Å². The van der Waals surface area contributed by atoms with E-state index in [-0.39, 0.29) is 12.5 Å². The molecule has 180 valence electrons. The van der Waals surface area contributed by atoms with Crippen LogP contribution >= 0.6 is 11.6 Å². The third kappa shape index (κ3) is 7.47. The highest BCUT2D eigenvalue weighted by molar-refractivity contribution is 7.92. The summed E-state index contributed by atoms with van der Waals surface area (Å²) in [4.78, 5) is 27.9. The van der Waals surface area contributed by atoms with Crippen LogP contribution in [0.4, 0.5) is 5.69 Å². The quantitative estimate of drug-likeness (QED) is 0.516. The maximum atomic E-state index is 13.5. The second-order valence-electron chi connectivity index (χ2n) is 7.92. The summed E-state index contributed by atoms with van der Waals surface area (Å²) < 4.78 is 26.3. The Kier molecular flexibility index (Phi) is 9.73. The minimum atomic E-state index is -3.75. The van der Waals surface area contributed by atoms with Gasteiger partial charge in [-0.15, -0.1) is 0 Å². The highest BCUT2D eigenvalue weighted by Crippen LogP contribution is 2.23. The van der Waals surface area contributed by atoms with Crippen LogP contribution in [0.2, 0.25) is 5.02 Å². The van der Waals surface area contributed by atoms with Gasteiger partial charge in [0.25, 0.3) is 0 Å². The number of aryl methyl sites for hydroxylation is 1. The number of anilines is 1. The number of hydrogen-bond acceptors (Lipinski definition) is 4. The summed E-state index contributed by atoms with van der Waals surface area (Å²) in [5.74, 6) is -0.722. The van der Waals surface area contributed by atoms with Crippen LogP contribution in [0, 0.1) is 6.92 Å². The Morgan fingerprint density at radius 2 is 1.70 bits per heavy atom. The van der Waals surface area contributed by atoms with Gasteiger partial charge in [0.1, 0.15) is 12.6 Å². The van der Waals surface area contributed by atoms with Crippen molar-refractivity contribution in [2.24, 2.45) is 0 Å². The number of amides is 2. The highest BCUT2D eigenvalue weighted by Gasteiger charge is 2.31. The molecule has 2 aromatic carbocycles. The molecule has 7 nitrogen and oxygen atoms in total. The third-order valence-corrected chi connectivity index (χ3v) is 6.64. The fourth-order valence-electron chi connectivity index (χ4n) is 3.51. The van der Waals surface area contributed by atoms with Crippen LogP contribution in [-0.4, -0.2) is 50.5 Å².